The number of hydrogen-bond donors (Lipinski definition) is 3. The first-order valence-corrected chi connectivity index (χ1v) is 12.0. The van der Waals surface area contributed by atoms with Crippen molar-refractivity contribution in [3.8, 4) is 17.2 Å². The minimum Gasteiger partial charge on any atom is -0.508 e. The molecule has 7 heteroatoms. The number of phenolic OH excluding ortho intramolecular Hbond substituents is 3. The molecule has 1 fully saturated rings. The maximum atomic E-state index is 12.8. The molecule has 0 radical (unpaired) electrons. The van der Waals surface area contributed by atoms with Gasteiger partial charge in [-0.15, -0.1) is 0 Å². The van der Waals surface area contributed by atoms with E-state index in [-0.39, 0.29) is 23.0 Å². The Morgan fingerprint density at radius 3 is 2.48 bits per heavy atom. The molecular formula is C26H35N3O4. The summed E-state index contributed by atoms with van der Waals surface area (Å²) in [6.07, 6.45) is 4.13. The number of hydrogen-bond acceptors (Lipinski definition) is 6. The minimum atomic E-state index is -0.347. The van der Waals surface area contributed by atoms with Crippen LogP contribution in [0.3, 0.4) is 0 Å². The fraction of sp³-hybridized carbons (Fsp3) is 0.500. The van der Waals surface area contributed by atoms with Gasteiger partial charge in [-0.3, -0.25) is 14.6 Å². The van der Waals surface area contributed by atoms with Crippen molar-refractivity contribution in [3.63, 3.8) is 0 Å². The van der Waals surface area contributed by atoms with E-state index in [1.807, 2.05) is 6.07 Å². The van der Waals surface area contributed by atoms with Crippen molar-refractivity contribution in [1.29, 1.82) is 0 Å². The second kappa shape index (κ2) is 10.4. The van der Waals surface area contributed by atoms with E-state index in [1.165, 1.54) is 11.6 Å². The number of nitrogens with zero attached hydrogens (tertiary/aromatic N) is 3. The highest BCUT2D eigenvalue weighted by molar-refractivity contribution is 5.97. The van der Waals surface area contributed by atoms with Crippen LogP contribution in [0.2, 0.25) is 0 Å². The average Bonchev–Trinajstić information content (AvgIpc) is 2.83. The molecule has 4 rings (SSSR count). The summed E-state index contributed by atoms with van der Waals surface area (Å²) in [5, 5.41) is 30.0. The van der Waals surface area contributed by atoms with Crippen LogP contribution in [0.15, 0.2) is 36.4 Å². The molecule has 1 unspecified atom stereocenters. The van der Waals surface area contributed by atoms with E-state index in [0.29, 0.717) is 24.9 Å². The molecule has 2 aromatic rings. The summed E-state index contributed by atoms with van der Waals surface area (Å²) in [6.45, 7) is 7.97. The Bertz CT molecular complexity index is 972. The number of carbonyl (C=O) groups is 1. The van der Waals surface area contributed by atoms with Gasteiger partial charge < -0.3 is 20.2 Å². The predicted octanol–water partition coefficient (Wildman–Crippen LogP) is 2.83. The third-order valence-electron chi connectivity index (χ3n) is 7.07. The number of piperazine rings is 1. The second-order valence-corrected chi connectivity index (χ2v) is 9.15. The molecule has 0 bridgehead atoms. The third kappa shape index (κ3) is 5.25. The van der Waals surface area contributed by atoms with E-state index in [1.54, 1.807) is 23.1 Å². The quantitative estimate of drug-likeness (QED) is 0.559. The van der Waals surface area contributed by atoms with E-state index in [2.05, 4.69) is 22.8 Å². The maximum absolute atomic E-state index is 12.8. The molecule has 1 amide bonds. The van der Waals surface area contributed by atoms with Gasteiger partial charge in [-0.25, -0.2) is 0 Å². The Morgan fingerprint density at radius 2 is 1.73 bits per heavy atom. The summed E-state index contributed by atoms with van der Waals surface area (Å²) < 4.78 is 0. The number of amides is 1. The van der Waals surface area contributed by atoms with E-state index >= 15 is 0 Å². The zero-order chi connectivity index (χ0) is 23.4. The van der Waals surface area contributed by atoms with Gasteiger partial charge in [0, 0.05) is 45.3 Å². The molecular weight excluding hydrogens is 418 g/mol. The maximum Gasteiger partial charge on any atom is 0.257 e. The highest BCUT2D eigenvalue weighted by Gasteiger charge is 2.28. The van der Waals surface area contributed by atoms with Crippen molar-refractivity contribution >= 4 is 5.91 Å². The van der Waals surface area contributed by atoms with Gasteiger partial charge in [-0.2, -0.15) is 0 Å². The second-order valence-electron chi connectivity index (χ2n) is 9.15. The first-order chi connectivity index (χ1) is 16.0. The number of fused-ring (bicyclic) bond motifs is 1. The molecule has 2 aliphatic rings. The Hall–Kier alpha value is -2.77. The third-order valence-corrected chi connectivity index (χ3v) is 7.07. The largest absolute Gasteiger partial charge is 0.508 e. The molecule has 0 aromatic heterocycles. The van der Waals surface area contributed by atoms with Crippen molar-refractivity contribution in [2.24, 2.45) is 0 Å². The fourth-order valence-corrected chi connectivity index (χ4v) is 5.15. The molecule has 178 valence electrons. The SMILES string of the molecule is CCCN(CCN1CCN(C(=O)c2cccc(O)c2O)CC1)C1CCc2cccc(O)c2C1. The number of phenols is 3. The standard InChI is InChI=1S/C26H35N3O4/c1-2-11-28(20-10-9-19-5-3-7-23(30)22(19)18-20)15-12-27-13-16-29(17-14-27)26(33)21-6-4-8-24(31)25(21)32/h3-8,20,30-32H,2,9-18H2,1H3. The summed E-state index contributed by atoms with van der Waals surface area (Å²) in [7, 11) is 0. The van der Waals surface area contributed by atoms with Crippen molar-refractivity contribution < 1.29 is 20.1 Å². The molecule has 0 spiro atoms. The predicted molar refractivity (Wildman–Crippen MR) is 128 cm³/mol. The van der Waals surface area contributed by atoms with Crippen LogP contribution in [0.4, 0.5) is 0 Å². The summed E-state index contributed by atoms with van der Waals surface area (Å²) in [5.74, 6) is -0.432. The lowest BCUT2D eigenvalue weighted by Gasteiger charge is -2.39. The Labute approximate surface area is 195 Å². The van der Waals surface area contributed by atoms with Crippen LogP contribution in [0, 0.1) is 0 Å². The normalized spacial score (nSPS) is 19.0. The van der Waals surface area contributed by atoms with Crippen LogP contribution >= 0.6 is 0 Å². The van der Waals surface area contributed by atoms with Crippen LogP contribution in [0.5, 0.6) is 17.2 Å². The lowest BCUT2D eigenvalue weighted by atomic mass is 9.86. The highest BCUT2D eigenvalue weighted by Crippen LogP contribution is 2.31. The number of benzene rings is 2. The highest BCUT2D eigenvalue weighted by atomic mass is 16.3. The average molecular weight is 454 g/mol. The molecule has 3 N–H and O–H groups in total. The van der Waals surface area contributed by atoms with Gasteiger partial charge in [0.05, 0.1) is 5.56 Å². The van der Waals surface area contributed by atoms with E-state index in [4.69, 9.17) is 0 Å². The number of para-hydroxylation sites is 1. The van der Waals surface area contributed by atoms with Crippen LogP contribution in [-0.2, 0) is 12.8 Å². The summed E-state index contributed by atoms with van der Waals surface area (Å²) in [5.41, 5.74) is 2.54. The fourth-order valence-electron chi connectivity index (χ4n) is 5.15. The molecule has 1 aliphatic heterocycles. The van der Waals surface area contributed by atoms with Gasteiger partial charge in [-0.05, 0) is 61.6 Å². The van der Waals surface area contributed by atoms with Gasteiger partial charge in [0.15, 0.2) is 11.5 Å². The lowest BCUT2D eigenvalue weighted by Crippen LogP contribution is -2.51. The zero-order valence-electron chi connectivity index (χ0n) is 19.4. The molecule has 7 nitrogen and oxygen atoms in total. The molecule has 1 saturated heterocycles. The first kappa shape index (κ1) is 23.4. The van der Waals surface area contributed by atoms with Crippen molar-refractivity contribution in [2.45, 2.75) is 38.6 Å². The monoisotopic (exact) mass is 453 g/mol. The topological polar surface area (TPSA) is 87.5 Å². The van der Waals surface area contributed by atoms with Crippen molar-refractivity contribution in [3.05, 3.63) is 53.1 Å². The molecule has 0 saturated carbocycles. The van der Waals surface area contributed by atoms with Gasteiger partial charge >= 0.3 is 0 Å². The van der Waals surface area contributed by atoms with Crippen molar-refractivity contribution in [2.75, 3.05) is 45.8 Å². The number of aryl methyl sites for hydroxylation is 1. The van der Waals surface area contributed by atoms with E-state index in [0.717, 1.165) is 64.0 Å². The van der Waals surface area contributed by atoms with Crippen molar-refractivity contribution in [1.82, 2.24) is 14.7 Å². The summed E-state index contributed by atoms with van der Waals surface area (Å²) >= 11 is 0. The number of aromatic hydroxyl groups is 3. The Kier molecular flexibility index (Phi) is 7.40. The first-order valence-electron chi connectivity index (χ1n) is 12.0. The van der Waals surface area contributed by atoms with E-state index < -0.39 is 0 Å². The van der Waals surface area contributed by atoms with E-state index in [9.17, 15) is 20.1 Å². The molecule has 33 heavy (non-hydrogen) atoms. The van der Waals surface area contributed by atoms with Gasteiger partial charge in [0.2, 0.25) is 0 Å². The van der Waals surface area contributed by atoms with Crippen LogP contribution in [0.25, 0.3) is 0 Å². The smallest absolute Gasteiger partial charge is 0.257 e. The lowest BCUT2D eigenvalue weighted by molar-refractivity contribution is 0.0605. The zero-order valence-corrected chi connectivity index (χ0v) is 19.4. The summed E-state index contributed by atoms with van der Waals surface area (Å²) in [6, 6.07) is 10.8. The molecule has 1 atom stereocenters. The Morgan fingerprint density at radius 1 is 1.00 bits per heavy atom. The molecule has 1 heterocycles. The number of rotatable bonds is 7. The van der Waals surface area contributed by atoms with Crippen LogP contribution in [-0.4, -0.2) is 87.8 Å². The number of carbonyl (C=O) groups excluding carboxylic acids is 1. The van der Waals surface area contributed by atoms with Gasteiger partial charge in [0.1, 0.15) is 5.75 Å². The van der Waals surface area contributed by atoms with Gasteiger partial charge in [0.25, 0.3) is 5.91 Å². The summed E-state index contributed by atoms with van der Waals surface area (Å²) in [4.78, 5) is 19.5. The van der Waals surface area contributed by atoms with Crippen LogP contribution < -0.4 is 0 Å². The molecule has 2 aromatic carbocycles. The van der Waals surface area contributed by atoms with Crippen LogP contribution in [0.1, 0.15) is 41.3 Å². The van der Waals surface area contributed by atoms with Gasteiger partial charge in [-0.1, -0.05) is 25.1 Å². The molecule has 1 aliphatic carbocycles. The minimum absolute atomic E-state index is 0.151. The Balaban J connectivity index is 1.30.